The zero-order valence-corrected chi connectivity index (χ0v) is 16.5. The van der Waals surface area contributed by atoms with Crippen molar-refractivity contribution in [2.24, 2.45) is 0 Å². The summed E-state index contributed by atoms with van der Waals surface area (Å²) in [6.07, 6.45) is 0.369. The summed E-state index contributed by atoms with van der Waals surface area (Å²) in [6, 6.07) is 7.59. The first-order valence-corrected chi connectivity index (χ1v) is 9.70. The van der Waals surface area contributed by atoms with Crippen molar-refractivity contribution in [1.82, 2.24) is 4.98 Å². The van der Waals surface area contributed by atoms with E-state index >= 15 is 0 Å². The van der Waals surface area contributed by atoms with Crippen molar-refractivity contribution < 1.29 is 23.0 Å². The number of benzene rings is 2. The number of ether oxygens (including phenoxy) is 1. The number of H-pyrrole nitrogens is 1. The second-order valence-electron chi connectivity index (χ2n) is 7.38. The molecule has 1 aliphatic heterocycles. The Morgan fingerprint density at radius 3 is 2.43 bits per heavy atom. The van der Waals surface area contributed by atoms with Gasteiger partial charge in [0.15, 0.2) is 11.6 Å². The third kappa shape index (κ3) is 3.97. The van der Waals surface area contributed by atoms with E-state index in [-0.39, 0.29) is 54.5 Å². The Bertz CT molecular complexity index is 1140. The molecule has 158 valence electrons. The SMILES string of the molecule is O=c1cc(OCC2(O)CCN(c3c(F)cc(Cl)cc3F)CC2)c2cccc(F)c2[nH]1. The largest absolute Gasteiger partial charge is 0.490 e. The zero-order valence-electron chi connectivity index (χ0n) is 15.7. The molecule has 9 heteroatoms. The lowest BCUT2D eigenvalue weighted by Crippen LogP contribution is -2.48. The van der Waals surface area contributed by atoms with E-state index in [0.29, 0.717) is 5.39 Å². The smallest absolute Gasteiger partial charge is 0.252 e. The van der Waals surface area contributed by atoms with Crippen LogP contribution in [0.25, 0.3) is 10.9 Å². The minimum absolute atomic E-state index is 0.0236. The van der Waals surface area contributed by atoms with E-state index in [1.54, 1.807) is 6.07 Å². The number of rotatable bonds is 4. The number of halogens is 4. The summed E-state index contributed by atoms with van der Waals surface area (Å²) in [5.41, 5.74) is -1.95. The number of para-hydroxylation sites is 1. The molecule has 0 amide bonds. The molecule has 1 aliphatic rings. The Kier molecular flexibility index (Phi) is 5.38. The number of anilines is 1. The van der Waals surface area contributed by atoms with Crippen LogP contribution in [0.2, 0.25) is 5.02 Å². The van der Waals surface area contributed by atoms with Crippen molar-refractivity contribution in [3.63, 3.8) is 0 Å². The van der Waals surface area contributed by atoms with Gasteiger partial charge in [0.2, 0.25) is 0 Å². The zero-order chi connectivity index (χ0) is 21.5. The predicted octanol–water partition coefficient (Wildman–Crippen LogP) is 4.01. The van der Waals surface area contributed by atoms with Gasteiger partial charge in [-0.05, 0) is 37.1 Å². The van der Waals surface area contributed by atoms with Gasteiger partial charge in [-0.2, -0.15) is 0 Å². The third-order valence-electron chi connectivity index (χ3n) is 5.28. The molecule has 5 nitrogen and oxygen atoms in total. The van der Waals surface area contributed by atoms with Crippen molar-refractivity contribution in [2.45, 2.75) is 18.4 Å². The second-order valence-corrected chi connectivity index (χ2v) is 7.81. The Morgan fingerprint density at radius 2 is 1.77 bits per heavy atom. The fourth-order valence-corrected chi connectivity index (χ4v) is 3.86. The molecule has 1 saturated heterocycles. The third-order valence-corrected chi connectivity index (χ3v) is 5.50. The van der Waals surface area contributed by atoms with Crippen LogP contribution in [0.15, 0.2) is 41.2 Å². The van der Waals surface area contributed by atoms with E-state index in [1.807, 2.05) is 0 Å². The first kappa shape index (κ1) is 20.6. The molecular weight excluding hydrogens is 421 g/mol. The monoisotopic (exact) mass is 438 g/mol. The average molecular weight is 439 g/mol. The Labute approximate surface area is 174 Å². The molecule has 30 heavy (non-hydrogen) atoms. The van der Waals surface area contributed by atoms with Crippen molar-refractivity contribution >= 4 is 28.2 Å². The number of nitrogens with one attached hydrogen (secondary N) is 1. The molecule has 0 unspecified atom stereocenters. The van der Waals surface area contributed by atoms with Crippen LogP contribution in [0.1, 0.15) is 12.8 Å². The maximum Gasteiger partial charge on any atom is 0.252 e. The van der Waals surface area contributed by atoms with Crippen LogP contribution in [0, 0.1) is 17.5 Å². The van der Waals surface area contributed by atoms with Gasteiger partial charge in [-0.25, -0.2) is 13.2 Å². The van der Waals surface area contributed by atoms with Gasteiger partial charge in [-0.1, -0.05) is 17.7 Å². The van der Waals surface area contributed by atoms with Gasteiger partial charge in [0.1, 0.15) is 29.5 Å². The number of nitrogens with zero attached hydrogens (tertiary/aromatic N) is 1. The normalized spacial score (nSPS) is 16.1. The van der Waals surface area contributed by atoms with E-state index in [1.165, 1.54) is 23.1 Å². The molecular formula is C21H18ClF3N2O3. The molecule has 3 aromatic rings. The summed E-state index contributed by atoms with van der Waals surface area (Å²) < 4.78 is 48.0. The lowest BCUT2D eigenvalue weighted by atomic mass is 9.92. The molecule has 0 radical (unpaired) electrons. The van der Waals surface area contributed by atoms with Gasteiger partial charge in [-0.3, -0.25) is 4.79 Å². The van der Waals surface area contributed by atoms with Crippen molar-refractivity contribution in [3.8, 4) is 5.75 Å². The number of hydrogen-bond donors (Lipinski definition) is 2. The standard InChI is InChI=1S/C21H18ClF3N2O3/c22-12-8-15(24)20(16(25)9-12)27-6-4-21(29,5-7-27)11-30-17-10-18(28)26-19-13(17)2-1-3-14(19)23/h1-3,8-10,29H,4-7,11H2,(H,26,28). The highest BCUT2D eigenvalue weighted by molar-refractivity contribution is 6.30. The van der Waals surface area contributed by atoms with Crippen LogP contribution >= 0.6 is 11.6 Å². The maximum absolute atomic E-state index is 14.2. The Balaban J connectivity index is 1.48. The van der Waals surface area contributed by atoms with Crippen molar-refractivity contribution in [2.75, 3.05) is 24.6 Å². The van der Waals surface area contributed by atoms with Crippen LogP contribution in [-0.2, 0) is 0 Å². The quantitative estimate of drug-likeness (QED) is 0.646. The summed E-state index contributed by atoms with van der Waals surface area (Å²) in [5.74, 6) is -1.97. The molecule has 1 fully saturated rings. The van der Waals surface area contributed by atoms with Crippen LogP contribution in [-0.4, -0.2) is 35.4 Å². The number of piperidine rings is 1. The van der Waals surface area contributed by atoms with E-state index in [0.717, 1.165) is 12.1 Å². The molecule has 0 atom stereocenters. The molecule has 0 spiro atoms. The topological polar surface area (TPSA) is 65.6 Å². The van der Waals surface area contributed by atoms with Gasteiger partial charge in [0.05, 0.1) is 5.52 Å². The van der Waals surface area contributed by atoms with Gasteiger partial charge in [0, 0.05) is 29.6 Å². The van der Waals surface area contributed by atoms with Crippen LogP contribution in [0.3, 0.4) is 0 Å². The summed E-state index contributed by atoms with van der Waals surface area (Å²) in [6.45, 7) is 0.238. The minimum Gasteiger partial charge on any atom is -0.490 e. The summed E-state index contributed by atoms with van der Waals surface area (Å²) >= 11 is 5.67. The number of pyridine rings is 1. The fraction of sp³-hybridized carbons (Fsp3) is 0.286. The number of hydrogen-bond acceptors (Lipinski definition) is 4. The second kappa shape index (κ2) is 7.85. The predicted molar refractivity (Wildman–Crippen MR) is 108 cm³/mol. The van der Waals surface area contributed by atoms with E-state index in [4.69, 9.17) is 16.3 Å². The average Bonchev–Trinajstić information content (AvgIpc) is 2.68. The summed E-state index contributed by atoms with van der Waals surface area (Å²) in [4.78, 5) is 15.8. The molecule has 0 saturated carbocycles. The number of fused-ring (bicyclic) bond motifs is 1. The number of aromatic amines is 1. The number of aliphatic hydroxyl groups is 1. The van der Waals surface area contributed by atoms with Crippen molar-refractivity contribution in [1.29, 1.82) is 0 Å². The lowest BCUT2D eigenvalue weighted by molar-refractivity contribution is -0.0239. The molecule has 1 aromatic heterocycles. The molecule has 0 aliphatic carbocycles. The van der Waals surface area contributed by atoms with Crippen molar-refractivity contribution in [3.05, 3.63) is 69.2 Å². The van der Waals surface area contributed by atoms with Gasteiger partial charge in [-0.15, -0.1) is 0 Å². The highest BCUT2D eigenvalue weighted by Crippen LogP contribution is 2.33. The fourth-order valence-electron chi connectivity index (χ4n) is 3.67. The van der Waals surface area contributed by atoms with Crippen LogP contribution in [0.4, 0.5) is 18.9 Å². The minimum atomic E-state index is -1.27. The first-order chi connectivity index (χ1) is 14.3. The van der Waals surface area contributed by atoms with Crippen LogP contribution < -0.4 is 15.2 Å². The number of aromatic nitrogens is 1. The van der Waals surface area contributed by atoms with Gasteiger partial charge in [0.25, 0.3) is 5.56 Å². The molecule has 2 N–H and O–H groups in total. The molecule has 4 rings (SSSR count). The van der Waals surface area contributed by atoms with Gasteiger partial charge >= 0.3 is 0 Å². The Morgan fingerprint density at radius 1 is 1.10 bits per heavy atom. The summed E-state index contributed by atoms with van der Waals surface area (Å²) in [5, 5.41) is 11.2. The first-order valence-electron chi connectivity index (χ1n) is 9.32. The van der Waals surface area contributed by atoms with Gasteiger partial charge < -0.3 is 19.7 Å². The van der Waals surface area contributed by atoms with E-state index in [2.05, 4.69) is 4.98 Å². The highest BCUT2D eigenvalue weighted by Gasteiger charge is 2.35. The lowest BCUT2D eigenvalue weighted by Gasteiger charge is -2.39. The molecule has 2 aromatic carbocycles. The van der Waals surface area contributed by atoms with E-state index in [9.17, 15) is 23.1 Å². The molecule has 2 heterocycles. The van der Waals surface area contributed by atoms with E-state index < -0.39 is 28.6 Å². The maximum atomic E-state index is 14.2. The Hall–Kier alpha value is -2.71. The van der Waals surface area contributed by atoms with Crippen LogP contribution in [0.5, 0.6) is 5.75 Å². The highest BCUT2D eigenvalue weighted by atomic mass is 35.5. The summed E-state index contributed by atoms with van der Waals surface area (Å²) in [7, 11) is 0. The molecule has 0 bridgehead atoms.